The molecule has 0 aromatic heterocycles. The van der Waals surface area contributed by atoms with E-state index in [9.17, 15) is 14.4 Å². The van der Waals surface area contributed by atoms with Gasteiger partial charge in [-0.2, -0.15) is 0 Å². The fourth-order valence-corrected chi connectivity index (χ4v) is 1.96. The number of nitrogens with zero attached hydrogens (tertiary/aromatic N) is 1. The third-order valence-electron chi connectivity index (χ3n) is 3.10. The summed E-state index contributed by atoms with van der Waals surface area (Å²) >= 11 is 0. The molecule has 0 spiro atoms. The molecule has 1 saturated heterocycles. The maximum absolute atomic E-state index is 11.7. The lowest BCUT2D eigenvalue weighted by molar-refractivity contribution is -0.137. The molecule has 1 fully saturated rings. The number of rotatable bonds is 7. The molecule has 1 aliphatic rings. The van der Waals surface area contributed by atoms with Crippen LogP contribution in [0.2, 0.25) is 0 Å². The van der Waals surface area contributed by atoms with Crippen molar-refractivity contribution in [2.75, 3.05) is 19.6 Å². The summed E-state index contributed by atoms with van der Waals surface area (Å²) in [5, 5.41) is 11.0. The summed E-state index contributed by atoms with van der Waals surface area (Å²) in [6, 6.07) is -0.835. The van der Waals surface area contributed by atoms with Crippen LogP contribution in [0.5, 0.6) is 0 Å². The van der Waals surface area contributed by atoms with Gasteiger partial charge in [0.25, 0.3) is 0 Å². The summed E-state index contributed by atoms with van der Waals surface area (Å²) in [5.74, 6) is -1.35. The van der Waals surface area contributed by atoms with Crippen LogP contribution in [0.3, 0.4) is 0 Å². The summed E-state index contributed by atoms with van der Waals surface area (Å²) < 4.78 is 0. The Balaban J connectivity index is 2.15. The fourth-order valence-electron chi connectivity index (χ4n) is 1.96. The van der Waals surface area contributed by atoms with Gasteiger partial charge in [-0.15, -0.1) is 0 Å². The van der Waals surface area contributed by atoms with Crippen molar-refractivity contribution in [3.8, 4) is 0 Å². The molecule has 7 heteroatoms. The van der Waals surface area contributed by atoms with Crippen LogP contribution in [0.25, 0.3) is 0 Å². The molecule has 0 aromatic carbocycles. The summed E-state index contributed by atoms with van der Waals surface area (Å²) in [5.41, 5.74) is 5.53. The molecule has 1 rings (SSSR count). The van der Waals surface area contributed by atoms with Gasteiger partial charge in [0.15, 0.2) is 0 Å². The third kappa shape index (κ3) is 5.69. The molecule has 1 aliphatic heterocycles. The predicted octanol–water partition coefficient (Wildman–Crippen LogP) is -0.693. The highest BCUT2D eigenvalue weighted by atomic mass is 16.4. The van der Waals surface area contributed by atoms with E-state index in [1.54, 1.807) is 4.90 Å². The highest BCUT2D eigenvalue weighted by Crippen LogP contribution is 2.08. The van der Waals surface area contributed by atoms with Crippen molar-refractivity contribution in [1.29, 1.82) is 0 Å². The van der Waals surface area contributed by atoms with Crippen molar-refractivity contribution in [1.82, 2.24) is 10.2 Å². The first kappa shape index (κ1) is 15.4. The van der Waals surface area contributed by atoms with Crippen molar-refractivity contribution in [2.45, 2.75) is 38.1 Å². The molecule has 1 heterocycles. The van der Waals surface area contributed by atoms with Gasteiger partial charge in [-0.05, 0) is 19.3 Å². The van der Waals surface area contributed by atoms with Crippen LogP contribution < -0.4 is 11.1 Å². The predicted molar refractivity (Wildman–Crippen MR) is 68.3 cm³/mol. The third-order valence-corrected chi connectivity index (χ3v) is 3.10. The number of nitrogens with two attached hydrogens (primary N) is 1. The smallest absolute Gasteiger partial charge is 0.303 e. The Kier molecular flexibility index (Phi) is 6.27. The zero-order valence-electron chi connectivity index (χ0n) is 10.9. The molecule has 0 bridgehead atoms. The number of carbonyl (C=O) groups excluding carboxylic acids is 2. The topological polar surface area (TPSA) is 113 Å². The molecule has 1 unspecified atom stereocenters. The van der Waals surface area contributed by atoms with Crippen LogP contribution in [0.1, 0.15) is 32.1 Å². The molecular weight excluding hydrogens is 250 g/mol. The Labute approximate surface area is 112 Å². The van der Waals surface area contributed by atoms with E-state index >= 15 is 0 Å². The second-order valence-corrected chi connectivity index (χ2v) is 4.67. The number of amides is 2. The van der Waals surface area contributed by atoms with Gasteiger partial charge < -0.3 is 21.1 Å². The Morgan fingerprint density at radius 3 is 2.42 bits per heavy atom. The van der Waals surface area contributed by atoms with E-state index in [0.29, 0.717) is 0 Å². The van der Waals surface area contributed by atoms with Gasteiger partial charge in [-0.3, -0.25) is 14.4 Å². The summed E-state index contributed by atoms with van der Waals surface area (Å²) in [6.07, 6.45) is 2.30. The van der Waals surface area contributed by atoms with Crippen LogP contribution in [0.15, 0.2) is 0 Å². The number of nitrogens with one attached hydrogen (secondary N) is 1. The quantitative estimate of drug-likeness (QED) is 0.567. The minimum Gasteiger partial charge on any atom is -0.481 e. The van der Waals surface area contributed by atoms with Gasteiger partial charge in [0.1, 0.15) is 0 Å². The Hall–Kier alpha value is -1.63. The molecule has 0 radical (unpaired) electrons. The minimum absolute atomic E-state index is 0.0388. The average Bonchev–Trinajstić information content (AvgIpc) is 2.89. The van der Waals surface area contributed by atoms with E-state index in [1.807, 2.05) is 0 Å². The van der Waals surface area contributed by atoms with E-state index in [-0.39, 0.29) is 31.7 Å². The van der Waals surface area contributed by atoms with Gasteiger partial charge in [-0.1, -0.05) is 0 Å². The maximum atomic E-state index is 11.7. The van der Waals surface area contributed by atoms with Gasteiger partial charge in [0, 0.05) is 32.5 Å². The Morgan fingerprint density at radius 1 is 1.21 bits per heavy atom. The largest absolute Gasteiger partial charge is 0.481 e. The molecule has 2 amide bonds. The minimum atomic E-state index is -0.979. The second kappa shape index (κ2) is 7.73. The van der Waals surface area contributed by atoms with Crippen LogP contribution in [0.4, 0.5) is 0 Å². The van der Waals surface area contributed by atoms with E-state index in [0.717, 1.165) is 25.9 Å². The van der Waals surface area contributed by atoms with Gasteiger partial charge in [0.2, 0.25) is 11.8 Å². The number of carboxylic acid groups (broad SMARTS) is 1. The van der Waals surface area contributed by atoms with Gasteiger partial charge in [-0.25, -0.2) is 0 Å². The first-order chi connectivity index (χ1) is 9.00. The molecule has 0 aliphatic carbocycles. The number of hydrogen-bond donors (Lipinski definition) is 3. The molecule has 108 valence electrons. The molecule has 4 N–H and O–H groups in total. The van der Waals surface area contributed by atoms with E-state index < -0.39 is 17.9 Å². The SMILES string of the molecule is NC(CCC(=O)O)C(=O)NCCC(=O)N1CCCC1. The number of hydrogen-bond acceptors (Lipinski definition) is 4. The Morgan fingerprint density at radius 2 is 1.84 bits per heavy atom. The summed E-state index contributed by atoms with van der Waals surface area (Å²) in [4.78, 5) is 35.3. The Bertz CT molecular complexity index is 340. The molecule has 19 heavy (non-hydrogen) atoms. The number of likely N-dealkylation sites (tertiary alicyclic amines) is 1. The van der Waals surface area contributed by atoms with Crippen molar-refractivity contribution in [3.05, 3.63) is 0 Å². The maximum Gasteiger partial charge on any atom is 0.303 e. The molecule has 1 atom stereocenters. The fraction of sp³-hybridized carbons (Fsp3) is 0.750. The average molecular weight is 271 g/mol. The van der Waals surface area contributed by atoms with Crippen LogP contribution in [-0.2, 0) is 14.4 Å². The lowest BCUT2D eigenvalue weighted by Crippen LogP contribution is -2.42. The normalized spacial score (nSPS) is 16.2. The standard InChI is InChI=1S/C12H21N3O4/c13-9(3-4-11(17)18)12(19)14-6-5-10(16)15-7-1-2-8-15/h9H,1-8,13H2,(H,14,19)(H,17,18). The van der Waals surface area contributed by atoms with Crippen LogP contribution >= 0.6 is 0 Å². The van der Waals surface area contributed by atoms with E-state index in [4.69, 9.17) is 10.8 Å². The molecule has 0 saturated carbocycles. The zero-order chi connectivity index (χ0) is 14.3. The van der Waals surface area contributed by atoms with Gasteiger partial charge in [0.05, 0.1) is 6.04 Å². The first-order valence-corrected chi connectivity index (χ1v) is 6.53. The van der Waals surface area contributed by atoms with Crippen LogP contribution in [-0.4, -0.2) is 53.5 Å². The lowest BCUT2D eigenvalue weighted by Gasteiger charge is -2.16. The summed E-state index contributed by atoms with van der Waals surface area (Å²) in [6.45, 7) is 1.84. The number of carboxylic acids is 1. The summed E-state index contributed by atoms with van der Waals surface area (Å²) in [7, 11) is 0. The van der Waals surface area contributed by atoms with Crippen molar-refractivity contribution < 1.29 is 19.5 Å². The zero-order valence-corrected chi connectivity index (χ0v) is 10.9. The monoisotopic (exact) mass is 271 g/mol. The van der Waals surface area contributed by atoms with E-state index in [2.05, 4.69) is 5.32 Å². The van der Waals surface area contributed by atoms with Crippen molar-refractivity contribution in [2.24, 2.45) is 5.73 Å². The first-order valence-electron chi connectivity index (χ1n) is 6.53. The second-order valence-electron chi connectivity index (χ2n) is 4.67. The molecule has 7 nitrogen and oxygen atoms in total. The highest BCUT2D eigenvalue weighted by molar-refractivity contribution is 5.83. The molecular formula is C12H21N3O4. The number of carbonyl (C=O) groups is 3. The number of aliphatic carboxylic acids is 1. The van der Waals surface area contributed by atoms with Crippen molar-refractivity contribution >= 4 is 17.8 Å². The highest BCUT2D eigenvalue weighted by Gasteiger charge is 2.18. The van der Waals surface area contributed by atoms with Gasteiger partial charge >= 0.3 is 5.97 Å². The lowest BCUT2D eigenvalue weighted by atomic mass is 10.1. The van der Waals surface area contributed by atoms with Crippen LogP contribution in [0, 0.1) is 0 Å². The van der Waals surface area contributed by atoms with Crippen molar-refractivity contribution in [3.63, 3.8) is 0 Å². The van der Waals surface area contributed by atoms with E-state index in [1.165, 1.54) is 0 Å². The molecule has 0 aromatic rings.